The highest BCUT2D eigenvalue weighted by molar-refractivity contribution is 7.80. The molecule has 0 bridgehead atoms. The van der Waals surface area contributed by atoms with E-state index in [9.17, 15) is 4.79 Å². The lowest BCUT2D eigenvalue weighted by atomic mass is 9.84. The number of ether oxygens (including phenoxy) is 1. The molecule has 0 aromatic heterocycles. The van der Waals surface area contributed by atoms with Gasteiger partial charge in [-0.3, -0.25) is 0 Å². The predicted octanol–water partition coefficient (Wildman–Crippen LogP) is 2.11. The maximum atomic E-state index is 11.3. The minimum atomic E-state index is -0.539. The summed E-state index contributed by atoms with van der Waals surface area (Å²) >= 11 is 5.11. The van der Waals surface area contributed by atoms with Crippen LogP contribution in [-0.4, -0.2) is 23.7 Å². The Morgan fingerprint density at radius 3 is 2.19 bits per heavy atom. The molecule has 92 valence electrons. The van der Waals surface area contributed by atoms with Crippen LogP contribution in [0, 0.1) is 0 Å². The summed E-state index contributed by atoms with van der Waals surface area (Å²) in [6.07, 6.45) is 6.87. The van der Waals surface area contributed by atoms with Crippen LogP contribution >= 0.6 is 12.2 Å². The van der Waals surface area contributed by atoms with Crippen molar-refractivity contribution in [2.75, 3.05) is 7.11 Å². The van der Waals surface area contributed by atoms with Crippen molar-refractivity contribution in [2.24, 2.45) is 5.73 Å². The second-order valence-corrected chi connectivity index (χ2v) is 4.77. The van der Waals surface area contributed by atoms with Crippen LogP contribution in [0.2, 0.25) is 0 Å². The molecule has 5 heteroatoms. The number of nitrogens with two attached hydrogens (primary N) is 1. The zero-order valence-corrected chi connectivity index (χ0v) is 10.6. The molecular weight excluding hydrogens is 224 g/mol. The van der Waals surface area contributed by atoms with Crippen LogP contribution in [0.1, 0.15) is 44.9 Å². The van der Waals surface area contributed by atoms with Crippen molar-refractivity contribution in [2.45, 2.75) is 50.5 Å². The fraction of sp³-hybridized carbons (Fsp3) is 0.818. The normalized spacial score (nSPS) is 20.3. The van der Waals surface area contributed by atoms with E-state index in [1.54, 1.807) is 0 Å². The average Bonchev–Trinajstić information content (AvgIpc) is 2.21. The Morgan fingerprint density at radius 1 is 1.25 bits per heavy atom. The number of carbonyl (C=O) groups excluding carboxylic acids is 1. The minimum Gasteiger partial charge on any atom is -0.453 e. The number of alkyl carbamates (subject to hydrolysis) is 1. The molecule has 1 aliphatic carbocycles. The van der Waals surface area contributed by atoms with Crippen molar-refractivity contribution in [1.82, 2.24) is 5.32 Å². The smallest absolute Gasteiger partial charge is 0.407 e. The average molecular weight is 244 g/mol. The van der Waals surface area contributed by atoms with Crippen molar-refractivity contribution >= 4 is 23.3 Å². The van der Waals surface area contributed by atoms with Crippen LogP contribution in [-0.2, 0) is 4.74 Å². The fourth-order valence-electron chi connectivity index (χ4n) is 2.19. The van der Waals surface area contributed by atoms with Crippen LogP contribution < -0.4 is 11.1 Å². The maximum absolute atomic E-state index is 11.3. The Hall–Kier alpha value is -0.840. The quantitative estimate of drug-likeness (QED) is 0.730. The Morgan fingerprint density at radius 2 is 1.75 bits per heavy atom. The van der Waals surface area contributed by atoms with Gasteiger partial charge in [-0.15, -0.1) is 0 Å². The molecule has 4 nitrogen and oxygen atoms in total. The molecule has 1 rings (SSSR count). The highest BCUT2D eigenvalue weighted by atomic mass is 32.1. The first-order valence-electron chi connectivity index (χ1n) is 5.77. The van der Waals surface area contributed by atoms with Gasteiger partial charge in [-0.05, 0) is 12.8 Å². The topological polar surface area (TPSA) is 64.3 Å². The molecule has 0 saturated heterocycles. The molecule has 16 heavy (non-hydrogen) atoms. The van der Waals surface area contributed by atoms with E-state index in [2.05, 4.69) is 10.1 Å². The van der Waals surface area contributed by atoms with Crippen molar-refractivity contribution in [1.29, 1.82) is 0 Å². The van der Waals surface area contributed by atoms with Gasteiger partial charge in [-0.1, -0.05) is 44.3 Å². The van der Waals surface area contributed by atoms with Crippen LogP contribution in [0.3, 0.4) is 0 Å². The maximum Gasteiger partial charge on any atom is 0.407 e. The Labute approximate surface area is 102 Å². The molecule has 1 saturated carbocycles. The molecular formula is C11H20N2O2S. The first-order valence-corrected chi connectivity index (χ1v) is 6.17. The van der Waals surface area contributed by atoms with Crippen LogP contribution in [0.5, 0.6) is 0 Å². The zero-order chi connectivity index (χ0) is 12.0. The fourth-order valence-corrected chi connectivity index (χ4v) is 2.44. The highest BCUT2D eigenvalue weighted by Crippen LogP contribution is 2.26. The van der Waals surface area contributed by atoms with Crippen LogP contribution in [0.15, 0.2) is 0 Å². The second-order valence-electron chi connectivity index (χ2n) is 4.33. The molecule has 0 unspecified atom stereocenters. The third-order valence-corrected chi connectivity index (χ3v) is 3.60. The summed E-state index contributed by atoms with van der Waals surface area (Å²) in [6.45, 7) is 0. The predicted molar refractivity (Wildman–Crippen MR) is 67.4 cm³/mol. The molecule has 0 aromatic carbocycles. The number of nitrogens with one attached hydrogen (secondary N) is 1. The van der Waals surface area contributed by atoms with E-state index in [4.69, 9.17) is 18.0 Å². The van der Waals surface area contributed by atoms with Crippen molar-refractivity contribution in [3.8, 4) is 0 Å². The van der Waals surface area contributed by atoms with E-state index < -0.39 is 11.6 Å². The van der Waals surface area contributed by atoms with E-state index in [0.29, 0.717) is 4.99 Å². The number of thiocarbonyl (C=S) groups is 1. The molecule has 0 radical (unpaired) electrons. The lowest BCUT2D eigenvalue weighted by Gasteiger charge is -2.34. The third kappa shape index (κ3) is 3.33. The molecule has 1 amide bonds. The molecule has 0 aliphatic heterocycles. The Bertz CT molecular complexity index is 261. The van der Waals surface area contributed by atoms with Gasteiger partial charge in [0.25, 0.3) is 0 Å². The molecule has 0 atom stereocenters. The number of rotatable bonds is 2. The number of hydrogen-bond donors (Lipinski definition) is 2. The third-order valence-electron chi connectivity index (χ3n) is 3.21. The summed E-state index contributed by atoms with van der Waals surface area (Å²) in [6, 6.07) is 0. The lowest BCUT2D eigenvalue weighted by Crippen LogP contribution is -2.56. The molecule has 0 aromatic rings. The van der Waals surface area contributed by atoms with E-state index in [1.807, 2.05) is 0 Å². The summed E-state index contributed by atoms with van der Waals surface area (Å²) in [5.41, 5.74) is 5.25. The van der Waals surface area contributed by atoms with E-state index in [0.717, 1.165) is 25.7 Å². The highest BCUT2D eigenvalue weighted by Gasteiger charge is 2.35. The van der Waals surface area contributed by atoms with Gasteiger partial charge in [0, 0.05) is 0 Å². The van der Waals surface area contributed by atoms with Gasteiger partial charge in [-0.25, -0.2) is 4.79 Å². The summed E-state index contributed by atoms with van der Waals surface area (Å²) in [7, 11) is 1.35. The molecule has 0 spiro atoms. The lowest BCUT2D eigenvalue weighted by molar-refractivity contribution is 0.158. The molecule has 0 heterocycles. The molecule has 1 fully saturated rings. The summed E-state index contributed by atoms with van der Waals surface area (Å²) in [5.74, 6) is 0. The van der Waals surface area contributed by atoms with Gasteiger partial charge in [0.05, 0.1) is 17.6 Å². The van der Waals surface area contributed by atoms with E-state index in [-0.39, 0.29) is 0 Å². The zero-order valence-electron chi connectivity index (χ0n) is 9.75. The van der Waals surface area contributed by atoms with Crippen molar-refractivity contribution < 1.29 is 9.53 Å². The van der Waals surface area contributed by atoms with Crippen molar-refractivity contribution in [3.05, 3.63) is 0 Å². The van der Waals surface area contributed by atoms with Crippen LogP contribution in [0.4, 0.5) is 4.79 Å². The van der Waals surface area contributed by atoms with Gasteiger partial charge in [-0.2, -0.15) is 0 Å². The van der Waals surface area contributed by atoms with E-state index in [1.165, 1.54) is 26.4 Å². The summed E-state index contributed by atoms with van der Waals surface area (Å²) in [4.78, 5) is 11.7. The number of methoxy groups -OCH3 is 1. The number of carbonyl (C=O) groups is 1. The van der Waals surface area contributed by atoms with Gasteiger partial charge >= 0.3 is 6.09 Å². The molecule has 3 N–H and O–H groups in total. The summed E-state index contributed by atoms with van der Waals surface area (Å²) < 4.78 is 4.63. The number of amides is 1. The minimum absolute atomic E-state index is 0.375. The van der Waals surface area contributed by atoms with E-state index >= 15 is 0 Å². The second kappa shape index (κ2) is 6.03. The van der Waals surface area contributed by atoms with Crippen LogP contribution in [0.25, 0.3) is 0 Å². The van der Waals surface area contributed by atoms with Gasteiger partial charge in [0.15, 0.2) is 0 Å². The summed E-state index contributed by atoms with van der Waals surface area (Å²) in [5, 5.41) is 2.82. The standard InChI is InChI=1S/C11H20N2O2S/c1-15-10(14)13-11(9(12)16)7-5-3-2-4-6-8-11/h2-8H2,1H3,(H2,12,16)(H,13,14). The largest absolute Gasteiger partial charge is 0.453 e. The van der Waals surface area contributed by atoms with Gasteiger partial charge in [0.2, 0.25) is 0 Å². The first-order chi connectivity index (χ1) is 7.60. The van der Waals surface area contributed by atoms with Gasteiger partial charge in [0.1, 0.15) is 0 Å². The SMILES string of the molecule is COC(=O)NC1(C(N)=S)CCCCCCC1. The Kier molecular flexibility index (Phi) is 4.99. The Balaban J connectivity index is 2.75. The number of hydrogen-bond acceptors (Lipinski definition) is 3. The monoisotopic (exact) mass is 244 g/mol. The van der Waals surface area contributed by atoms with Crippen molar-refractivity contribution in [3.63, 3.8) is 0 Å². The van der Waals surface area contributed by atoms with Gasteiger partial charge < -0.3 is 15.8 Å². The molecule has 1 aliphatic rings. The first kappa shape index (κ1) is 13.2.